The second kappa shape index (κ2) is 9.38. The van der Waals surface area contributed by atoms with E-state index < -0.39 is 17.4 Å². The molecule has 0 aliphatic rings. The summed E-state index contributed by atoms with van der Waals surface area (Å²) in [6, 6.07) is 5.91. The molecule has 1 aromatic heterocycles. The van der Waals surface area contributed by atoms with E-state index in [0.29, 0.717) is 0 Å². The number of ether oxygens (including phenoxy) is 1. The lowest BCUT2D eigenvalue weighted by Gasteiger charge is -2.12. The number of hydrogen-bond donors (Lipinski definition) is 1. The van der Waals surface area contributed by atoms with Crippen LogP contribution in [0.4, 0.5) is 17.1 Å². The highest BCUT2D eigenvalue weighted by Crippen LogP contribution is 2.33. The van der Waals surface area contributed by atoms with Crippen LogP contribution in [0.3, 0.4) is 0 Å². The number of carbonyl (C=O) groups is 1. The summed E-state index contributed by atoms with van der Waals surface area (Å²) in [6.45, 7) is 4.18. The minimum absolute atomic E-state index is 0.0567. The number of nitroso groups, excluding NO2 is 1. The van der Waals surface area contributed by atoms with Crippen LogP contribution in [-0.2, 0) is 16.1 Å². The summed E-state index contributed by atoms with van der Waals surface area (Å²) < 4.78 is 5.63. The highest BCUT2D eigenvalue weighted by atomic mass is 35.5. The molecule has 0 saturated carbocycles. The molecule has 148 valence electrons. The summed E-state index contributed by atoms with van der Waals surface area (Å²) in [7, 11) is 0. The number of aromatic hydroxyl groups is 1. The Labute approximate surface area is 169 Å². The average Bonchev–Trinajstić information content (AvgIpc) is 2.71. The fourth-order valence-electron chi connectivity index (χ4n) is 2.32. The number of halogens is 1. The lowest BCUT2D eigenvalue weighted by molar-refractivity contribution is -0.138. The summed E-state index contributed by atoms with van der Waals surface area (Å²) in [5.74, 6) is -1.30. The second-order valence-corrected chi connectivity index (χ2v) is 5.97. The Morgan fingerprint density at radius 1 is 1.41 bits per heavy atom. The van der Waals surface area contributed by atoms with Crippen LogP contribution in [0.25, 0.3) is 0 Å². The molecule has 0 amide bonds. The Bertz CT molecular complexity index is 1120. The number of nitrogens with zero attached hydrogens (tertiary/aromatic N) is 5. The number of hydrogen-bond acceptors (Lipinski definition) is 9. The zero-order chi connectivity index (χ0) is 21.6. The van der Waals surface area contributed by atoms with Crippen molar-refractivity contribution in [1.29, 1.82) is 5.26 Å². The van der Waals surface area contributed by atoms with Crippen molar-refractivity contribution in [1.82, 2.24) is 4.57 Å². The van der Waals surface area contributed by atoms with Crippen molar-refractivity contribution >= 4 is 34.6 Å². The number of aromatic nitrogens is 1. The SMILES string of the molecule is C=CC(=O)OCCn1c(O)c(C#N)c(C)c(N=Nc2ccc(Cl)cc2N=O)c1=O. The van der Waals surface area contributed by atoms with Crippen LogP contribution in [0.5, 0.6) is 5.88 Å². The fourth-order valence-corrected chi connectivity index (χ4v) is 2.49. The summed E-state index contributed by atoms with van der Waals surface area (Å²) in [5.41, 5.74) is -1.14. The van der Waals surface area contributed by atoms with Gasteiger partial charge in [0.15, 0.2) is 5.69 Å². The predicted octanol–water partition coefficient (Wildman–Crippen LogP) is 3.93. The van der Waals surface area contributed by atoms with Gasteiger partial charge in [0.1, 0.15) is 29.6 Å². The lowest BCUT2D eigenvalue weighted by atomic mass is 10.1. The molecule has 0 atom stereocenters. The summed E-state index contributed by atoms with van der Waals surface area (Å²) >= 11 is 5.79. The summed E-state index contributed by atoms with van der Waals surface area (Å²) in [6.07, 6.45) is 0.947. The lowest BCUT2D eigenvalue weighted by Crippen LogP contribution is -2.24. The summed E-state index contributed by atoms with van der Waals surface area (Å²) in [4.78, 5) is 34.8. The molecular weight excluding hydrogens is 402 g/mol. The molecule has 0 fully saturated rings. The third-order valence-corrected chi connectivity index (χ3v) is 4.02. The van der Waals surface area contributed by atoms with Gasteiger partial charge in [-0.25, -0.2) is 4.79 Å². The molecule has 10 nitrogen and oxygen atoms in total. The van der Waals surface area contributed by atoms with Crippen LogP contribution >= 0.6 is 11.6 Å². The van der Waals surface area contributed by atoms with Crippen molar-refractivity contribution in [3.63, 3.8) is 0 Å². The minimum atomic E-state index is -0.771. The van der Waals surface area contributed by atoms with E-state index in [9.17, 15) is 24.9 Å². The molecule has 11 heteroatoms. The van der Waals surface area contributed by atoms with Crippen molar-refractivity contribution in [3.05, 3.63) is 62.3 Å². The maximum Gasteiger partial charge on any atom is 0.330 e. The third kappa shape index (κ3) is 4.72. The Morgan fingerprint density at radius 2 is 2.14 bits per heavy atom. The van der Waals surface area contributed by atoms with Crippen LogP contribution < -0.4 is 5.56 Å². The minimum Gasteiger partial charge on any atom is -0.493 e. The third-order valence-electron chi connectivity index (χ3n) is 3.79. The molecule has 1 N–H and O–H groups in total. The molecule has 0 radical (unpaired) electrons. The van der Waals surface area contributed by atoms with Gasteiger partial charge < -0.3 is 9.84 Å². The van der Waals surface area contributed by atoms with E-state index in [1.807, 2.05) is 0 Å². The van der Waals surface area contributed by atoms with Crippen molar-refractivity contribution in [2.45, 2.75) is 13.5 Å². The van der Waals surface area contributed by atoms with E-state index >= 15 is 0 Å². The van der Waals surface area contributed by atoms with Gasteiger partial charge in [0.05, 0.1) is 6.54 Å². The second-order valence-electron chi connectivity index (χ2n) is 5.54. The van der Waals surface area contributed by atoms with Gasteiger partial charge in [0.25, 0.3) is 5.56 Å². The normalized spacial score (nSPS) is 10.5. The van der Waals surface area contributed by atoms with Crippen LogP contribution in [0.15, 0.2) is 51.1 Å². The maximum absolute atomic E-state index is 12.7. The number of azo groups is 1. The van der Waals surface area contributed by atoms with Crippen molar-refractivity contribution in [3.8, 4) is 11.9 Å². The number of pyridine rings is 1. The molecule has 0 saturated heterocycles. The quantitative estimate of drug-likeness (QED) is 0.313. The first-order valence-corrected chi connectivity index (χ1v) is 8.42. The number of esters is 1. The van der Waals surface area contributed by atoms with Crippen molar-refractivity contribution < 1.29 is 14.6 Å². The van der Waals surface area contributed by atoms with E-state index in [4.69, 9.17) is 16.3 Å². The van der Waals surface area contributed by atoms with Gasteiger partial charge in [-0.15, -0.1) is 15.1 Å². The number of rotatable bonds is 7. The Kier molecular flexibility index (Phi) is 6.94. The van der Waals surface area contributed by atoms with Gasteiger partial charge >= 0.3 is 5.97 Å². The van der Waals surface area contributed by atoms with E-state index in [0.717, 1.165) is 10.6 Å². The largest absolute Gasteiger partial charge is 0.493 e. The van der Waals surface area contributed by atoms with Crippen molar-refractivity contribution in [2.75, 3.05) is 6.61 Å². The van der Waals surface area contributed by atoms with E-state index in [1.165, 1.54) is 25.1 Å². The van der Waals surface area contributed by atoms with Crippen LogP contribution in [-0.4, -0.2) is 22.2 Å². The Morgan fingerprint density at radius 3 is 2.76 bits per heavy atom. The standard InChI is InChI=1S/C18H14ClN5O5/c1-3-15(25)29-7-6-24-17(26)12(9-20)10(2)16(18(24)27)22-21-13-5-4-11(19)8-14(13)23-28/h3-5,8,26H,1,6-7H2,2H3. The molecular formula is C18H14ClN5O5. The molecule has 1 heterocycles. The number of nitriles is 1. The first kappa shape index (κ1) is 21.5. The number of benzene rings is 1. The first-order chi connectivity index (χ1) is 13.8. The highest BCUT2D eigenvalue weighted by Gasteiger charge is 2.19. The molecule has 0 unspecified atom stereocenters. The zero-order valence-electron chi connectivity index (χ0n) is 15.1. The molecule has 0 aliphatic heterocycles. The van der Waals surface area contributed by atoms with Gasteiger partial charge in [-0.2, -0.15) is 5.26 Å². The molecule has 0 bridgehead atoms. The van der Waals surface area contributed by atoms with Gasteiger partial charge in [-0.1, -0.05) is 18.2 Å². The smallest absolute Gasteiger partial charge is 0.330 e. The molecule has 2 aromatic rings. The van der Waals surface area contributed by atoms with E-state index in [2.05, 4.69) is 22.0 Å². The fraction of sp³-hybridized carbons (Fsp3) is 0.167. The number of carbonyl (C=O) groups excluding carboxylic acids is 1. The first-order valence-electron chi connectivity index (χ1n) is 8.04. The molecule has 1 aromatic carbocycles. The molecule has 0 spiro atoms. The predicted molar refractivity (Wildman–Crippen MR) is 104 cm³/mol. The molecule has 2 rings (SSSR count). The van der Waals surface area contributed by atoms with Crippen LogP contribution in [0, 0.1) is 23.2 Å². The maximum atomic E-state index is 12.7. The van der Waals surface area contributed by atoms with Crippen LogP contribution in [0.1, 0.15) is 11.1 Å². The van der Waals surface area contributed by atoms with Gasteiger partial charge in [0.2, 0.25) is 5.88 Å². The highest BCUT2D eigenvalue weighted by molar-refractivity contribution is 6.31. The topological polar surface area (TPSA) is 146 Å². The van der Waals surface area contributed by atoms with Gasteiger partial charge in [-0.3, -0.25) is 9.36 Å². The van der Waals surface area contributed by atoms with Gasteiger partial charge in [-0.05, 0) is 30.3 Å². The van der Waals surface area contributed by atoms with E-state index in [-0.39, 0.29) is 46.4 Å². The van der Waals surface area contributed by atoms with Crippen LogP contribution in [0.2, 0.25) is 5.02 Å². The van der Waals surface area contributed by atoms with Crippen molar-refractivity contribution in [2.24, 2.45) is 15.4 Å². The van der Waals surface area contributed by atoms with Gasteiger partial charge in [0, 0.05) is 16.7 Å². The van der Waals surface area contributed by atoms with E-state index in [1.54, 1.807) is 6.07 Å². The monoisotopic (exact) mass is 415 g/mol. The Hall–Kier alpha value is -3.84. The summed E-state index contributed by atoms with van der Waals surface area (Å²) in [5, 5.41) is 30.3. The Balaban J connectivity index is 2.52. The average molecular weight is 416 g/mol. The molecule has 0 aliphatic carbocycles. The zero-order valence-corrected chi connectivity index (χ0v) is 15.9. The molecule has 29 heavy (non-hydrogen) atoms.